The number of hydrogen-bond donors (Lipinski definition) is 3. The normalized spacial score (nSPS) is 11.0. The zero-order chi connectivity index (χ0) is 21.3. The summed E-state index contributed by atoms with van der Waals surface area (Å²) < 4.78 is 0. The van der Waals surface area contributed by atoms with Crippen LogP contribution in [0, 0.1) is 0 Å². The summed E-state index contributed by atoms with van der Waals surface area (Å²) in [4.78, 5) is 25.0. The zero-order valence-electron chi connectivity index (χ0n) is 17.4. The molecule has 0 aromatic heterocycles. The Morgan fingerprint density at radius 2 is 1.66 bits per heavy atom. The van der Waals surface area contributed by atoms with Crippen molar-refractivity contribution in [3.8, 4) is 0 Å². The number of carboxylic acid groups (broad SMARTS) is 1. The molecule has 29 heavy (non-hydrogen) atoms. The minimum absolute atomic E-state index is 0.239. The summed E-state index contributed by atoms with van der Waals surface area (Å²) in [6.45, 7) is 6.62. The quantitative estimate of drug-likeness (QED) is 0.562. The summed E-state index contributed by atoms with van der Waals surface area (Å²) in [5, 5.41) is 15.1. The van der Waals surface area contributed by atoms with Crippen molar-refractivity contribution in [2.45, 2.75) is 45.6 Å². The van der Waals surface area contributed by atoms with Crippen molar-refractivity contribution < 1.29 is 14.7 Å². The van der Waals surface area contributed by atoms with Crippen molar-refractivity contribution >= 4 is 17.8 Å². The molecule has 0 radical (unpaired) electrons. The van der Waals surface area contributed by atoms with Gasteiger partial charge in [-0.15, -0.1) is 0 Å². The molecular weight excluding hydrogens is 366 g/mol. The molecule has 3 amide bonds. The van der Waals surface area contributed by atoms with Crippen LogP contribution in [0.5, 0.6) is 0 Å². The molecule has 3 N–H and O–H groups in total. The van der Waals surface area contributed by atoms with E-state index < -0.39 is 11.6 Å². The Kier molecular flexibility index (Phi) is 8.07. The van der Waals surface area contributed by atoms with E-state index in [9.17, 15) is 14.7 Å². The average Bonchev–Trinajstić information content (AvgIpc) is 2.65. The van der Waals surface area contributed by atoms with Crippen LogP contribution in [-0.2, 0) is 12.8 Å². The first kappa shape index (κ1) is 22.3. The van der Waals surface area contributed by atoms with E-state index in [1.165, 1.54) is 10.5 Å². The van der Waals surface area contributed by atoms with Crippen LogP contribution < -0.4 is 10.6 Å². The van der Waals surface area contributed by atoms with Gasteiger partial charge in [0, 0.05) is 24.3 Å². The van der Waals surface area contributed by atoms with Gasteiger partial charge in [-0.3, -0.25) is 0 Å². The molecule has 0 atom stereocenters. The van der Waals surface area contributed by atoms with Gasteiger partial charge >= 0.3 is 12.1 Å². The van der Waals surface area contributed by atoms with Crippen molar-refractivity contribution in [3.05, 3.63) is 65.7 Å². The lowest BCUT2D eigenvalue weighted by Crippen LogP contribution is -2.45. The van der Waals surface area contributed by atoms with Crippen molar-refractivity contribution in [2.75, 3.05) is 18.4 Å². The van der Waals surface area contributed by atoms with Crippen molar-refractivity contribution in [3.63, 3.8) is 0 Å². The van der Waals surface area contributed by atoms with Gasteiger partial charge in [-0.2, -0.15) is 0 Å². The zero-order valence-corrected chi connectivity index (χ0v) is 17.4. The van der Waals surface area contributed by atoms with Crippen LogP contribution in [0.1, 0.15) is 38.3 Å². The summed E-state index contributed by atoms with van der Waals surface area (Å²) in [5.41, 5.74) is 2.47. The summed E-state index contributed by atoms with van der Waals surface area (Å²) in [7, 11) is 0. The minimum atomic E-state index is -0.929. The molecule has 0 aliphatic carbocycles. The van der Waals surface area contributed by atoms with Gasteiger partial charge in [-0.05, 0) is 63.3 Å². The molecule has 6 nitrogen and oxygen atoms in total. The fourth-order valence-electron chi connectivity index (χ4n) is 3.08. The molecule has 2 aromatic rings. The molecule has 0 fully saturated rings. The Morgan fingerprint density at radius 3 is 2.31 bits per heavy atom. The SMILES string of the molecule is CC(C)(C)N(CCc1cccc(NC(=O)NCCCc2ccccc2)c1)C(=O)O. The summed E-state index contributed by atoms with van der Waals surface area (Å²) in [6, 6.07) is 17.4. The van der Waals surface area contributed by atoms with E-state index in [1.54, 1.807) is 0 Å². The molecule has 0 aliphatic heterocycles. The Hall–Kier alpha value is -3.02. The lowest BCUT2D eigenvalue weighted by molar-refractivity contribution is 0.101. The molecule has 0 unspecified atom stereocenters. The fraction of sp³-hybridized carbons (Fsp3) is 0.391. The Bertz CT molecular complexity index is 801. The number of amides is 3. The van der Waals surface area contributed by atoms with Gasteiger partial charge in [-0.1, -0.05) is 42.5 Å². The van der Waals surface area contributed by atoms with Crippen molar-refractivity contribution in [1.82, 2.24) is 10.2 Å². The van der Waals surface area contributed by atoms with E-state index in [4.69, 9.17) is 0 Å². The predicted molar refractivity (Wildman–Crippen MR) is 116 cm³/mol. The minimum Gasteiger partial charge on any atom is -0.465 e. The number of hydrogen-bond acceptors (Lipinski definition) is 2. The van der Waals surface area contributed by atoms with Gasteiger partial charge in [0.25, 0.3) is 0 Å². The highest BCUT2D eigenvalue weighted by Crippen LogP contribution is 2.16. The second-order valence-electron chi connectivity index (χ2n) is 8.03. The van der Waals surface area contributed by atoms with Gasteiger partial charge in [0.15, 0.2) is 0 Å². The smallest absolute Gasteiger partial charge is 0.407 e. The summed E-state index contributed by atoms with van der Waals surface area (Å²) in [5.74, 6) is 0. The maximum Gasteiger partial charge on any atom is 0.407 e. The number of nitrogens with zero attached hydrogens (tertiary/aromatic N) is 1. The summed E-state index contributed by atoms with van der Waals surface area (Å²) >= 11 is 0. The Balaban J connectivity index is 1.79. The molecule has 2 rings (SSSR count). The third-order valence-corrected chi connectivity index (χ3v) is 4.62. The number of nitrogens with one attached hydrogen (secondary N) is 2. The van der Waals surface area contributed by atoms with Crippen LogP contribution in [0.3, 0.4) is 0 Å². The van der Waals surface area contributed by atoms with Crippen LogP contribution in [0.25, 0.3) is 0 Å². The van der Waals surface area contributed by atoms with Crippen LogP contribution in [0.2, 0.25) is 0 Å². The van der Waals surface area contributed by atoms with Gasteiger partial charge in [0.2, 0.25) is 0 Å². The maximum atomic E-state index is 12.1. The highest BCUT2D eigenvalue weighted by Gasteiger charge is 2.25. The predicted octanol–water partition coefficient (Wildman–Crippen LogP) is 4.76. The topological polar surface area (TPSA) is 81.7 Å². The average molecular weight is 398 g/mol. The number of anilines is 1. The van der Waals surface area contributed by atoms with Gasteiger partial charge in [-0.25, -0.2) is 9.59 Å². The van der Waals surface area contributed by atoms with Crippen LogP contribution in [0.4, 0.5) is 15.3 Å². The Labute approximate surface area is 172 Å². The van der Waals surface area contributed by atoms with E-state index in [2.05, 4.69) is 22.8 Å². The highest BCUT2D eigenvalue weighted by molar-refractivity contribution is 5.89. The highest BCUT2D eigenvalue weighted by atomic mass is 16.4. The second-order valence-corrected chi connectivity index (χ2v) is 8.03. The molecular formula is C23H31N3O3. The molecule has 0 heterocycles. The third-order valence-electron chi connectivity index (χ3n) is 4.62. The van der Waals surface area contributed by atoms with E-state index in [-0.39, 0.29) is 6.03 Å². The maximum absolute atomic E-state index is 12.1. The number of carbonyl (C=O) groups excluding carboxylic acids is 1. The molecule has 0 saturated heterocycles. The number of benzene rings is 2. The number of aryl methyl sites for hydroxylation is 1. The Morgan fingerprint density at radius 1 is 0.966 bits per heavy atom. The molecule has 2 aromatic carbocycles. The van der Waals surface area contributed by atoms with Gasteiger partial charge in [0.1, 0.15) is 0 Å². The standard InChI is InChI=1S/C23H31N3O3/c1-23(2,3)26(22(28)29)16-14-19-11-7-13-20(17-19)25-21(27)24-15-8-12-18-9-5-4-6-10-18/h4-7,9-11,13,17H,8,12,14-16H2,1-3H3,(H,28,29)(H2,24,25,27). The lowest BCUT2D eigenvalue weighted by Gasteiger charge is -2.33. The van der Waals surface area contributed by atoms with Gasteiger partial charge < -0.3 is 20.6 Å². The second kappa shape index (κ2) is 10.5. The molecule has 0 saturated carbocycles. The first-order valence-electron chi connectivity index (χ1n) is 9.94. The fourth-order valence-corrected chi connectivity index (χ4v) is 3.08. The summed E-state index contributed by atoms with van der Waals surface area (Å²) in [6.07, 6.45) is 1.44. The number of urea groups is 1. The monoisotopic (exact) mass is 397 g/mol. The van der Waals surface area contributed by atoms with E-state index in [0.717, 1.165) is 18.4 Å². The molecule has 0 aliphatic rings. The largest absolute Gasteiger partial charge is 0.465 e. The van der Waals surface area contributed by atoms with Gasteiger partial charge in [0.05, 0.1) is 0 Å². The molecule has 0 bridgehead atoms. The van der Waals surface area contributed by atoms with Crippen molar-refractivity contribution in [2.24, 2.45) is 0 Å². The lowest BCUT2D eigenvalue weighted by atomic mass is 10.0. The van der Waals surface area contributed by atoms with Crippen LogP contribution >= 0.6 is 0 Å². The number of carbonyl (C=O) groups is 2. The van der Waals surface area contributed by atoms with E-state index in [1.807, 2.05) is 63.2 Å². The first-order valence-corrected chi connectivity index (χ1v) is 9.94. The first-order chi connectivity index (χ1) is 13.8. The van der Waals surface area contributed by atoms with E-state index >= 15 is 0 Å². The van der Waals surface area contributed by atoms with Crippen molar-refractivity contribution in [1.29, 1.82) is 0 Å². The molecule has 6 heteroatoms. The van der Waals surface area contributed by atoms with E-state index in [0.29, 0.717) is 25.2 Å². The van der Waals surface area contributed by atoms with Crippen LogP contribution in [0.15, 0.2) is 54.6 Å². The molecule has 0 spiro atoms. The molecule has 156 valence electrons. The van der Waals surface area contributed by atoms with Crippen LogP contribution in [-0.4, -0.2) is 40.8 Å². The third kappa shape index (κ3) is 7.86. The number of rotatable bonds is 8.